The van der Waals surface area contributed by atoms with Crippen molar-refractivity contribution in [1.29, 1.82) is 0 Å². The van der Waals surface area contributed by atoms with Gasteiger partial charge in [0.2, 0.25) is 0 Å². The van der Waals surface area contributed by atoms with E-state index in [1.165, 1.54) is 25.5 Å². The highest BCUT2D eigenvalue weighted by Gasteiger charge is 2.34. The van der Waals surface area contributed by atoms with Gasteiger partial charge in [-0.15, -0.1) is 0 Å². The molecule has 1 aliphatic carbocycles. The van der Waals surface area contributed by atoms with Gasteiger partial charge in [-0.1, -0.05) is 12.1 Å². The van der Waals surface area contributed by atoms with Crippen LogP contribution in [0.3, 0.4) is 0 Å². The molecule has 1 aromatic carbocycles. The highest BCUT2D eigenvalue weighted by atomic mass is 16.5. The van der Waals surface area contributed by atoms with Gasteiger partial charge in [0.15, 0.2) is 0 Å². The summed E-state index contributed by atoms with van der Waals surface area (Å²) in [5, 5.41) is 0. The molecule has 0 aliphatic heterocycles. The van der Waals surface area contributed by atoms with Gasteiger partial charge < -0.3 is 9.47 Å². The average molecular weight is 234 g/mol. The molecule has 0 spiro atoms. The van der Waals surface area contributed by atoms with E-state index in [9.17, 15) is 4.79 Å². The van der Waals surface area contributed by atoms with Crippen LogP contribution in [0.2, 0.25) is 0 Å². The van der Waals surface area contributed by atoms with Gasteiger partial charge in [-0.3, -0.25) is 4.79 Å². The zero-order valence-electron chi connectivity index (χ0n) is 10.3. The second kappa shape index (κ2) is 5.21. The molecule has 1 unspecified atom stereocenters. The van der Waals surface area contributed by atoms with Gasteiger partial charge in [0.1, 0.15) is 5.75 Å². The van der Waals surface area contributed by atoms with Crippen LogP contribution in [-0.2, 0) is 9.53 Å². The molecule has 1 aromatic rings. The van der Waals surface area contributed by atoms with Crippen molar-refractivity contribution in [2.45, 2.75) is 25.2 Å². The molecule has 1 saturated carbocycles. The second-order valence-corrected chi connectivity index (χ2v) is 4.50. The van der Waals surface area contributed by atoms with Crippen LogP contribution in [-0.4, -0.2) is 20.2 Å². The van der Waals surface area contributed by atoms with Crippen molar-refractivity contribution in [1.82, 2.24) is 0 Å². The topological polar surface area (TPSA) is 35.5 Å². The summed E-state index contributed by atoms with van der Waals surface area (Å²) in [5.41, 5.74) is 1.18. The van der Waals surface area contributed by atoms with Gasteiger partial charge in [-0.05, 0) is 42.4 Å². The molecule has 17 heavy (non-hydrogen) atoms. The molecule has 0 aromatic heterocycles. The summed E-state index contributed by atoms with van der Waals surface area (Å²) in [6.07, 6.45) is 2.88. The Kier molecular flexibility index (Phi) is 3.67. The van der Waals surface area contributed by atoms with Crippen LogP contribution >= 0.6 is 0 Å². The van der Waals surface area contributed by atoms with Gasteiger partial charge in [-0.2, -0.15) is 0 Å². The number of rotatable bonds is 5. The Bertz CT molecular complexity index is 396. The van der Waals surface area contributed by atoms with Gasteiger partial charge in [-0.25, -0.2) is 0 Å². The van der Waals surface area contributed by atoms with E-state index in [-0.39, 0.29) is 11.9 Å². The predicted molar refractivity (Wildman–Crippen MR) is 65.1 cm³/mol. The van der Waals surface area contributed by atoms with Gasteiger partial charge >= 0.3 is 5.97 Å². The summed E-state index contributed by atoms with van der Waals surface area (Å²) in [7, 11) is 3.10. The molecule has 0 amide bonds. The van der Waals surface area contributed by atoms with E-state index in [2.05, 4.69) is 6.07 Å². The summed E-state index contributed by atoms with van der Waals surface area (Å²) >= 11 is 0. The lowest BCUT2D eigenvalue weighted by Crippen LogP contribution is -2.10. The first-order chi connectivity index (χ1) is 8.24. The smallest absolute Gasteiger partial charge is 0.306 e. The molecule has 92 valence electrons. The van der Waals surface area contributed by atoms with Crippen LogP contribution in [0.1, 0.15) is 30.7 Å². The molecule has 0 radical (unpaired) electrons. The van der Waals surface area contributed by atoms with E-state index >= 15 is 0 Å². The van der Waals surface area contributed by atoms with E-state index < -0.39 is 0 Å². The third-order valence-electron chi connectivity index (χ3n) is 3.33. The summed E-state index contributed by atoms with van der Waals surface area (Å²) in [4.78, 5) is 11.4. The number of carbonyl (C=O) groups is 1. The predicted octanol–water partition coefficient (Wildman–Crippen LogP) is 2.75. The fraction of sp³-hybridized carbons (Fsp3) is 0.500. The number of carbonyl (C=O) groups excluding carboxylic acids is 1. The molecule has 1 fully saturated rings. The van der Waals surface area contributed by atoms with E-state index in [1.54, 1.807) is 7.11 Å². The Balaban J connectivity index is 2.16. The normalized spacial score (nSPS) is 16.4. The first kappa shape index (κ1) is 12.0. The molecule has 0 bridgehead atoms. The van der Waals surface area contributed by atoms with Gasteiger partial charge in [0, 0.05) is 0 Å². The highest BCUT2D eigenvalue weighted by Crippen LogP contribution is 2.45. The number of esters is 1. The summed E-state index contributed by atoms with van der Waals surface area (Å²) in [5.74, 6) is 1.61. The van der Waals surface area contributed by atoms with Crippen LogP contribution < -0.4 is 4.74 Å². The molecule has 0 N–H and O–H groups in total. The molecule has 3 heteroatoms. The number of hydrogen-bond donors (Lipinski definition) is 0. The summed E-state index contributed by atoms with van der Waals surface area (Å²) in [6, 6.07) is 7.98. The van der Waals surface area contributed by atoms with Crippen molar-refractivity contribution in [3.63, 3.8) is 0 Å². The molecule has 0 saturated heterocycles. The lowest BCUT2D eigenvalue weighted by Gasteiger charge is -2.16. The minimum absolute atomic E-state index is 0.135. The molecule has 1 aliphatic rings. The molecule has 1 atom stereocenters. The van der Waals surface area contributed by atoms with Crippen molar-refractivity contribution in [2.75, 3.05) is 14.2 Å². The molecule has 3 nitrogen and oxygen atoms in total. The lowest BCUT2D eigenvalue weighted by atomic mass is 9.91. The summed E-state index contributed by atoms with van der Waals surface area (Å²) < 4.78 is 9.99. The third kappa shape index (κ3) is 2.99. The Morgan fingerprint density at radius 2 is 2.18 bits per heavy atom. The Morgan fingerprint density at radius 3 is 2.76 bits per heavy atom. The fourth-order valence-corrected chi connectivity index (χ4v) is 2.19. The Hall–Kier alpha value is -1.51. The monoisotopic (exact) mass is 234 g/mol. The standard InChI is InChI=1S/C14H18O3/c1-16-12-5-3-4-11(8-12)13(10-6-7-10)9-14(15)17-2/h3-5,8,10,13H,6-7,9H2,1-2H3. The lowest BCUT2D eigenvalue weighted by molar-refractivity contribution is -0.141. The largest absolute Gasteiger partial charge is 0.497 e. The van der Waals surface area contributed by atoms with Gasteiger partial charge in [0.05, 0.1) is 20.6 Å². The van der Waals surface area contributed by atoms with Crippen molar-refractivity contribution in [3.05, 3.63) is 29.8 Å². The number of hydrogen-bond acceptors (Lipinski definition) is 3. The number of ether oxygens (including phenoxy) is 2. The quantitative estimate of drug-likeness (QED) is 0.735. The second-order valence-electron chi connectivity index (χ2n) is 4.50. The first-order valence-electron chi connectivity index (χ1n) is 5.95. The number of methoxy groups -OCH3 is 2. The van der Waals surface area contributed by atoms with Crippen molar-refractivity contribution in [3.8, 4) is 5.75 Å². The zero-order valence-corrected chi connectivity index (χ0v) is 10.3. The van der Waals surface area contributed by atoms with E-state index in [4.69, 9.17) is 9.47 Å². The fourth-order valence-electron chi connectivity index (χ4n) is 2.19. The molecular weight excluding hydrogens is 216 g/mol. The van der Waals surface area contributed by atoms with Crippen LogP contribution in [0, 0.1) is 5.92 Å². The average Bonchev–Trinajstić information content (AvgIpc) is 3.20. The van der Waals surface area contributed by atoms with Crippen molar-refractivity contribution in [2.24, 2.45) is 5.92 Å². The van der Waals surface area contributed by atoms with Crippen LogP contribution in [0.25, 0.3) is 0 Å². The summed E-state index contributed by atoms with van der Waals surface area (Å²) in [6.45, 7) is 0. The third-order valence-corrected chi connectivity index (χ3v) is 3.33. The maximum absolute atomic E-state index is 11.4. The van der Waals surface area contributed by atoms with Crippen molar-refractivity contribution < 1.29 is 14.3 Å². The SMILES string of the molecule is COC(=O)CC(c1cccc(OC)c1)C1CC1. The van der Waals surface area contributed by atoms with E-state index in [0.29, 0.717) is 12.3 Å². The number of benzene rings is 1. The molecule has 2 rings (SSSR count). The molecule has 0 heterocycles. The Morgan fingerprint density at radius 1 is 1.41 bits per heavy atom. The maximum atomic E-state index is 11.4. The van der Waals surface area contributed by atoms with Crippen molar-refractivity contribution >= 4 is 5.97 Å². The maximum Gasteiger partial charge on any atom is 0.306 e. The first-order valence-corrected chi connectivity index (χ1v) is 5.95. The zero-order chi connectivity index (χ0) is 12.3. The minimum atomic E-state index is -0.135. The van der Waals surface area contributed by atoms with Crippen LogP contribution in [0.4, 0.5) is 0 Å². The van der Waals surface area contributed by atoms with E-state index in [1.807, 2.05) is 18.2 Å². The minimum Gasteiger partial charge on any atom is -0.497 e. The Labute approximate surface area is 102 Å². The molecular formula is C14H18O3. The highest BCUT2D eigenvalue weighted by molar-refractivity contribution is 5.70. The van der Waals surface area contributed by atoms with Crippen LogP contribution in [0.15, 0.2) is 24.3 Å². The van der Waals surface area contributed by atoms with E-state index in [0.717, 1.165) is 5.75 Å². The van der Waals surface area contributed by atoms with Crippen LogP contribution in [0.5, 0.6) is 5.75 Å². The van der Waals surface area contributed by atoms with Gasteiger partial charge in [0.25, 0.3) is 0 Å².